The first-order valence-corrected chi connectivity index (χ1v) is 9.59. The Morgan fingerprint density at radius 3 is 2.41 bits per heavy atom. The van der Waals surface area contributed by atoms with Crippen LogP contribution in [0.5, 0.6) is 5.75 Å². The van der Waals surface area contributed by atoms with Gasteiger partial charge in [-0.05, 0) is 49.2 Å². The van der Waals surface area contributed by atoms with Crippen LogP contribution in [0.2, 0.25) is 5.02 Å². The molecule has 1 aromatic heterocycles. The minimum atomic E-state index is 0.706. The molecule has 0 aliphatic carbocycles. The smallest absolute Gasteiger partial charge is 0.142 e. The highest BCUT2D eigenvalue weighted by molar-refractivity contribution is 6.33. The number of halogens is 1. The van der Waals surface area contributed by atoms with Gasteiger partial charge in [-0.15, -0.1) is 0 Å². The Labute approximate surface area is 164 Å². The van der Waals surface area contributed by atoms with Gasteiger partial charge in [0.1, 0.15) is 11.6 Å². The van der Waals surface area contributed by atoms with Gasteiger partial charge in [-0.2, -0.15) is 0 Å². The van der Waals surface area contributed by atoms with E-state index in [4.69, 9.17) is 21.3 Å². The molecule has 136 valence electrons. The monoisotopic (exact) mass is 376 g/mol. The molecule has 0 saturated carbocycles. The van der Waals surface area contributed by atoms with Crippen molar-refractivity contribution in [2.75, 3.05) is 6.61 Å². The second kappa shape index (κ2) is 8.28. The van der Waals surface area contributed by atoms with E-state index in [0.29, 0.717) is 6.61 Å². The van der Waals surface area contributed by atoms with Crippen LogP contribution in [0.1, 0.15) is 12.8 Å². The van der Waals surface area contributed by atoms with Gasteiger partial charge >= 0.3 is 0 Å². The van der Waals surface area contributed by atoms with E-state index >= 15 is 0 Å². The van der Waals surface area contributed by atoms with E-state index in [0.717, 1.165) is 52.6 Å². The van der Waals surface area contributed by atoms with Crippen molar-refractivity contribution in [3.8, 4) is 17.1 Å². The van der Waals surface area contributed by atoms with Crippen LogP contribution in [0.4, 0.5) is 0 Å². The summed E-state index contributed by atoms with van der Waals surface area (Å²) in [5, 5.41) is 0.724. The third-order valence-electron chi connectivity index (χ3n) is 4.56. The zero-order valence-electron chi connectivity index (χ0n) is 15.0. The third kappa shape index (κ3) is 3.99. The number of ether oxygens (including phenoxy) is 1. The van der Waals surface area contributed by atoms with Crippen LogP contribution in [0.3, 0.4) is 0 Å². The van der Waals surface area contributed by atoms with E-state index < -0.39 is 0 Å². The average Bonchev–Trinajstić information content (AvgIpc) is 3.07. The Bertz CT molecular complexity index is 1030. The highest BCUT2D eigenvalue weighted by Gasteiger charge is 2.14. The predicted octanol–water partition coefficient (Wildman–Crippen LogP) is 6.22. The first-order chi connectivity index (χ1) is 13.3. The van der Waals surface area contributed by atoms with Crippen LogP contribution < -0.4 is 4.74 Å². The van der Waals surface area contributed by atoms with Crippen molar-refractivity contribution in [3.05, 3.63) is 83.9 Å². The number of unbranched alkanes of at least 4 members (excludes halogenated alkanes) is 1. The van der Waals surface area contributed by atoms with Gasteiger partial charge < -0.3 is 9.30 Å². The predicted molar refractivity (Wildman–Crippen MR) is 111 cm³/mol. The molecule has 4 rings (SSSR count). The fraction of sp³-hybridized carbons (Fsp3) is 0.174. The van der Waals surface area contributed by atoms with Crippen LogP contribution in [0.25, 0.3) is 22.4 Å². The standard InChI is InChI=1S/C23H21ClN2O/c24-20-13-5-4-12-19(20)23-25-21-14-6-7-15-22(21)26(23)16-8-9-17-27-18-10-2-1-3-11-18/h1-7,10-15H,8-9,16-17H2. The molecular formula is C23H21ClN2O. The summed E-state index contributed by atoms with van der Waals surface area (Å²) >= 11 is 6.44. The highest BCUT2D eigenvalue weighted by atomic mass is 35.5. The molecule has 0 spiro atoms. The third-order valence-corrected chi connectivity index (χ3v) is 4.89. The lowest BCUT2D eigenvalue weighted by molar-refractivity contribution is 0.303. The molecule has 0 radical (unpaired) electrons. The van der Waals surface area contributed by atoms with Crippen molar-refractivity contribution >= 4 is 22.6 Å². The van der Waals surface area contributed by atoms with Crippen molar-refractivity contribution in [1.29, 1.82) is 0 Å². The number of nitrogens with zero attached hydrogens (tertiary/aromatic N) is 2. The molecule has 27 heavy (non-hydrogen) atoms. The maximum atomic E-state index is 6.44. The van der Waals surface area contributed by atoms with Crippen LogP contribution in [-0.2, 0) is 6.54 Å². The number of benzene rings is 3. The van der Waals surface area contributed by atoms with Crippen molar-refractivity contribution in [2.24, 2.45) is 0 Å². The highest BCUT2D eigenvalue weighted by Crippen LogP contribution is 2.30. The number of aromatic nitrogens is 2. The molecule has 0 aliphatic heterocycles. The number of fused-ring (bicyclic) bond motifs is 1. The van der Waals surface area contributed by atoms with Crippen LogP contribution in [-0.4, -0.2) is 16.2 Å². The Morgan fingerprint density at radius 1 is 0.815 bits per heavy atom. The molecule has 1 heterocycles. The van der Waals surface area contributed by atoms with Gasteiger partial charge in [0.15, 0.2) is 0 Å². The topological polar surface area (TPSA) is 27.1 Å². The molecule has 4 aromatic rings. The molecular weight excluding hydrogens is 356 g/mol. The summed E-state index contributed by atoms with van der Waals surface area (Å²) < 4.78 is 8.06. The summed E-state index contributed by atoms with van der Waals surface area (Å²) in [5.74, 6) is 1.84. The van der Waals surface area contributed by atoms with Crippen LogP contribution in [0, 0.1) is 0 Å². The maximum Gasteiger partial charge on any atom is 0.142 e. The zero-order valence-corrected chi connectivity index (χ0v) is 15.8. The average molecular weight is 377 g/mol. The number of hydrogen-bond acceptors (Lipinski definition) is 2. The molecule has 3 nitrogen and oxygen atoms in total. The summed E-state index contributed by atoms with van der Waals surface area (Å²) in [5.41, 5.74) is 3.10. The van der Waals surface area contributed by atoms with Gasteiger partial charge in [0.05, 0.1) is 22.7 Å². The van der Waals surface area contributed by atoms with Crippen molar-refractivity contribution in [1.82, 2.24) is 9.55 Å². The van der Waals surface area contributed by atoms with Gasteiger partial charge in [-0.3, -0.25) is 0 Å². The lowest BCUT2D eigenvalue weighted by Crippen LogP contribution is -2.04. The maximum absolute atomic E-state index is 6.44. The van der Waals surface area contributed by atoms with Gasteiger partial charge in [-0.25, -0.2) is 4.98 Å². The van der Waals surface area contributed by atoms with Crippen molar-refractivity contribution in [3.63, 3.8) is 0 Å². The molecule has 4 heteroatoms. The number of para-hydroxylation sites is 3. The van der Waals surface area contributed by atoms with E-state index in [-0.39, 0.29) is 0 Å². The van der Waals surface area contributed by atoms with Gasteiger partial charge in [0.2, 0.25) is 0 Å². The zero-order chi connectivity index (χ0) is 18.5. The first kappa shape index (κ1) is 17.6. The van der Waals surface area contributed by atoms with E-state index in [2.05, 4.69) is 16.7 Å². The second-order valence-electron chi connectivity index (χ2n) is 6.42. The number of imidazole rings is 1. The molecule has 0 aliphatic rings. The van der Waals surface area contributed by atoms with Crippen LogP contribution >= 0.6 is 11.6 Å². The molecule has 3 aromatic carbocycles. The van der Waals surface area contributed by atoms with Crippen molar-refractivity contribution < 1.29 is 4.74 Å². The summed E-state index contributed by atoms with van der Waals surface area (Å²) in [6, 6.07) is 26.1. The Morgan fingerprint density at radius 2 is 1.56 bits per heavy atom. The Kier molecular flexibility index (Phi) is 5.40. The molecule has 0 atom stereocenters. The number of rotatable bonds is 7. The Hall–Kier alpha value is -2.78. The number of aryl methyl sites for hydroxylation is 1. The summed E-state index contributed by atoms with van der Waals surface area (Å²) in [6.45, 7) is 1.58. The SMILES string of the molecule is Clc1ccccc1-c1nc2ccccc2n1CCCCOc1ccccc1. The largest absolute Gasteiger partial charge is 0.494 e. The molecule has 0 fully saturated rings. The summed E-state index contributed by atoms with van der Waals surface area (Å²) in [7, 11) is 0. The first-order valence-electron chi connectivity index (χ1n) is 9.21. The van der Waals surface area contributed by atoms with Gasteiger partial charge in [-0.1, -0.05) is 54.1 Å². The van der Waals surface area contributed by atoms with E-state index in [1.165, 1.54) is 0 Å². The van der Waals surface area contributed by atoms with Gasteiger partial charge in [0, 0.05) is 12.1 Å². The molecule has 0 saturated heterocycles. The van der Waals surface area contributed by atoms with Crippen molar-refractivity contribution in [2.45, 2.75) is 19.4 Å². The normalized spacial score (nSPS) is 11.0. The minimum Gasteiger partial charge on any atom is -0.494 e. The minimum absolute atomic E-state index is 0.706. The second-order valence-corrected chi connectivity index (χ2v) is 6.83. The van der Waals surface area contributed by atoms with Crippen LogP contribution in [0.15, 0.2) is 78.9 Å². The van der Waals surface area contributed by atoms with E-state index in [1.54, 1.807) is 0 Å². The fourth-order valence-electron chi connectivity index (χ4n) is 3.23. The van der Waals surface area contributed by atoms with E-state index in [1.807, 2.05) is 66.7 Å². The molecule has 0 N–H and O–H groups in total. The number of hydrogen-bond donors (Lipinski definition) is 0. The Balaban J connectivity index is 1.50. The molecule has 0 unspecified atom stereocenters. The lowest BCUT2D eigenvalue weighted by atomic mass is 10.2. The molecule has 0 amide bonds. The molecule has 0 bridgehead atoms. The quantitative estimate of drug-likeness (QED) is 0.358. The summed E-state index contributed by atoms with van der Waals surface area (Å²) in [4.78, 5) is 4.84. The van der Waals surface area contributed by atoms with Gasteiger partial charge in [0.25, 0.3) is 0 Å². The summed E-state index contributed by atoms with van der Waals surface area (Å²) in [6.07, 6.45) is 1.98. The fourth-order valence-corrected chi connectivity index (χ4v) is 3.45. The lowest BCUT2D eigenvalue weighted by Gasteiger charge is -2.11. The van der Waals surface area contributed by atoms with E-state index in [9.17, 15) is 0 Å².